The maximum absolute atomic E-state index is 12.6. The molecule has 6 nitrogen and oxygen atoms in total. The van der Waals surface area contributed by atoms with Gasteiger partial charge < -0.3 is 5.32 Å². The van der Waals surface area contributed by atoms with Crippen LogP contribution < -0.4 is 5.32 Å². The minimum atomic E-state index is -3.41. The van der Waals surface area contributed by atoms with Gasteiger partial charge in [-0.15, -0.1) is 11.3 Å². The fraction of sp³-hybridized carbons (Fsp3) is 0.353. The van der Waals surface area contributed by atoms with Crippen LogP contribution in [0.25, 0.3) is 0 Å². The average Bonchev–Trinajstić information content (AvgIpc) is 3.18. The summed E-state index contributed by atoms with van der Waals surface area (Å²) >= 11 is 1.42. The van der Waals surface area contributed by atoms with Crippen LogP contribution in [0.5, 0.6) is 0 Å². The number of piperazine rings is 1. The standard InChI is InChI=1S/C17H21N3O3S2/c21-17(16-7-4-14-24-16)18-8-9-19-10-12-20(13-11-19)25(22,23)15-5-2-1-3-6-15/h1-7,14H,8-13H2,(H,18,21). The summed E-state index contributed by atoms with van der Waals surface area (Å²) in [5, 5.41) is 4.77. The molecule has 0 bridgehead atoms. The molecule has 1 fully saturated rings. The van der Waals surface area contributed by atoms with Crippen LogP contribution in [-0.4, -0.2) is 62.8 Å². The van der Waals surface area contributed by atoms with Crippen LogP contribution >= 0.6 is 11.3 Å². The highest BCUT2D eigenvalue weighted by Crippen LogP contribution is 2.17. The highest BCUT2D eigenvalue weighted by atomic mass is 32.2. The molecule has 0 spiro atoms. The SMILES string of the molecule is O=C(NCCN1CCN(S(=O)(=O)c2ccccc2)CC1)c1cccs1. The highest BCUT2D eigenvalue weighted by Gasteiger charge is 2.28. The molecule has 1 N–H and O–H groups in total. The Morgan fingerprint density at radius 1 is 1.04 bits per heavy atom. The molecule has 134 valence electrons. The number of carbonyl (C=O) groups excluding carboxylic acids is 1. The van der Waals surface area contributed by atoms with E-state index in [-0.39, 0.29) is 5.91 Å². The summed E-state index contributed by atoms with van der Waals surface area (Å²) in [6, 6.07) is 12.2. The van der Waals surface area contributed by atoms with Crippen molar-refractivity contribution in [2.45, 2.75) is 4.90 Å². The van der Waals surface area contributed by atoms with Crippen LogP contribution in [0.15, 0.2) is 52.7 Å². The van der Waals surface area contributed by atoms with Crippen molar-refractivity contribution in [1.82, 2.24) is 14.5 Å². The Hall–Kier alpha value is -1.74. The summed E-state index contributed by atoms with van der Waals surface area (Å²) in [4.78, 5) is 15.1. The van der Waals surface area contributed by atoms with E-state index in [9.17, 15) is 13.2 Å². The summed E-state index contributed by atoms with van der Waals surface area (Å²) in [5.74, 6) is -0.0553. The highest BCUT2D eigenvalue weighted by molar-refractivity contribution is 7.89. The number of hydrogen-bond acceptors (Lipinski definition) is 5. The molecule has 3 rings (SSSR count). The smallest absolute Gasteiger partial charge is 0.261 e. The van der Waals surface area contributed by atoms with Crippen molar-refractivity contribution in [3.63, 3.8) is 0 Å². The number of amides is 1. The topological polar surface area (TPSA) is 69.7 Å². The predicted molar refractivity (Wildman–Crippen MR) is 98.3 cm³/mol. The second-order valence-corrected chi connectivity index (χ2v) is 8.68. The van der Waals surface area contributed by atoms with E-state index in [1.165, 1.54) is 15.6 Å². The zero-order valence-electron chi connectivity index (χ0n) is 13.8. The number of carbonyl (C=O) groups is 1. The van der Waals surface area contributed by atoms with Gasteiger partial charge >= 0.3 is 0 Å². The van der Waals surface area contributed by atoms with Gasteiger partial charge in [-0.2, -0.15) is 4.31 Å². The lowest BCUT2D eigenvalue weighted by molar-refractivity contribution is 0.0949. The maximum Gasteiger partial charge on any atom is 0.261 e. The van der Waals surface area contributed by atoms with Crippen molar-refractivity contribution >= 4 is 27.3 Å². The fourth-order valence-corrected chi connectivity index (χ4v) is 4.84. The molecule has 1 aromatic heterocycles. The van der Waals surface area contributed by atoms with Gasteiger partial charge in [0.1, 0.15) is 0 Å². The first-order chi connectivity index (χ1) is 12.1. The molecule has 0 saturated carbocycles. The van der Waals surface area contributed by atoms with Gasteiger partial charge in [0, 0.05) is 39.3 Å². The van der Waals surface area contributed by atoms with E-state index in [2.05, 4.69) is 10.2 Å². The Bertz CT molecular complexity index is 784. The molecule has 1 aromatic carbocycles. The molecule has 2 aromatic rings. The van der Waals surface area contributed by atoms with Gasteiger partial charge in [-0.25, -0.2) is 8.42 Å². The number of thiophene rings is 1. The van der Waals surface area contributed by atoms with Gasteiger partial charge in [0.15, 0.2) is 0 Å². The number of benzene rings is 1. The van der Waals surface area contributed by atoms with Gasteiger partial charge in [0.2, 0.25) is 10.0 Å². The quantitative estimate of drug-likeness (QED) is 0.826. The molecule has 0 atom stereocenters. The maximum atomic E-state index is 12.6. The van der Waals surface area contributed by atoms with Crippen molar-refractivity contribution in [3.8, 4) is 0 Å². The lowest BCUT2D eigenvalue weighted by Gasteiger charge is -2.33. The van der Waals surface area contributed by atoms with E-state index in [0.29, 0.717) is 42.5 Å². The van der Waals surface area contributed by atoms with E-state index in [1.807, 2.05) is 11.4 Å². The molecule has 8 heteroatoms. The summed E-state index contributed by atoms with van der Waals surface area (Å²) in [6.45, 7) is 3.55. The summed E-state index contributed by atoms with van der Waals surface area (Å²) in [7, 11) is -3.41. The monoisotopic (exact) mass is 379 g/mol. The first kappa shape index (κ1) is 18.1. The van der Waals surface area contributed by atoms with Gasteiger partial charge in [0.05, 0.1) is 9.77 Å². The molecule has 0 radical (unpaired) electrons. The van der Waals surface area contributed by atoms with Crippen molar-refractivity contribution in [3.05, 3.63) is 52.7 Å². The van der Waals surface area contributed by atoms with E-state index in [4.69, 9.17) is 0 Å². The lowest BCUT2D eigenvalue weighted by Crippen LogP contribution is -2.50. The number of nitrogens with one attached hydrogen (secondary N) is 1. The van der Waals surface area contributed by atoms with Gasteiger partial charge in [-0.05, 0) is 23.6 Å². The van der Waals surface area contributed by atoms with Crippen molar-refractivity contribution in [2.24, 2.45) is 0 Å². The molecule has 1 saturated heterocycles. The third-order valence-corrected chi connectivity index (χ3v) is 6.95. The van der Waals surface area contributed by atoms with Crippen LogP contribution in [0.4, 0.5) is 0 Å². The predicted octanol–water partition coefficient (Wildman–Crippen LogP) is 1.48. The first-order valence-electron chi connectivity index (χ1n) is 8.16. The van der Waals surface area contributed by atoms with E-state index in [0.717, 1.165) is 6.54 Å². The first-order valence-corrected chi connectivity index (χ1v) is 10.5. The average molecular weight is 380 g/mol. The van der Waals surface area contributed by atoms with Crippen LogP contribution in [0, 0.1) is 0 Å². The van der Waals surface area contributed by atoms with E-state index < -0.39 is 10.0 Å². The third-order valence-electron chi connectivity index (χ3n) is 4.17. The molecule has 0 unspecified atom stereocenters. The third kappa shape index (κ3) is 4.46. The van der Waals surface area contributed by atoms with Crippen LogP contribution in [0.2, 0.25) is 0 Å². The molecule has 2 heterocycles. The van der Waals surface area contributed by atoms with Gasteiger partial charge in [0.25, 0.3) is 5.91 Å². The largest absolute Gasteiger partial charge is 0.350 e. The normalized spacial score (nSPS) is 16.6. The zero-order valence-corrected chi connectivity index (χ0v) is 15.4. The van der Waals surface area contributed by atoms with Crippen LogP contribution in [0.1, 0.15) is 9.67 Å². The molecule has 25 heavy (non-hydrogen) atoms. The number of nitrogens with zero attached hydrogens (tertiary/aromatic N) is 2. The molecule has 1 aliphatic heterocycles. The number of hydrogen-bond donors (Lipinski definition) is 1. The van der Waals surface area contributed by atoms with Gasteiger partial charge in [-0.3, -0.25) is 9.69 Å². The minimum absolute atomic E-state index is 0.0553. The van der Waals surface area contributed by atoms with E-state index in [1.54, 1.807) is 36.4 Å². The Labute approximate surface area is 152 Å². The molecule has 1 amide bonds. The summed E-state index contributed by atoms with van der Waals surface area (Å²) in [6.07, 6.45) is 0. The molecular weight excluding hydrogens is 358 g/mol. The zero-order chi connectivity index (χ0) is 17.7. The van der Waals surface area contributed by atoms with Crippen LogP contribution in [-0.2, 0) is 10.0 Å². The van der Waals surface area contributed by atoms with Crippen molar-refractivity contribution in [2.75, 3.05) is 39.3 Å². The molecule has 0 aliphatic carbocycles. The Kier molecular flexibility index (Phi) is 5.85. The number of rotatable bonds is 6. The fourth-order valence-electron chi connectivity index (χ4n) is 2.76. The molecular formula is C17H21N3O3S2. The number of sulfonamides is 1. The Morgan fingerprint density at radius 3 is 2.40 bits per heavy atom. The second kappa shape index (κ2) is 8.09. The minimum Gasteiger partial charge on any atom is -0.350 e. The summed E-state index contributed by atoms with van der Waals surface area (Å²) in [5.41, 5.74) is 0. The summed E-state index contributed by atoms with van der Waals surface area (Å²) < 4.78 is 26.7. The lowest BCUT2D eigenvalue weighted by atomic mass is 10.3. The Balaban J connectivity index is 1.45. The van der Waals surface area contributed by atoms with Crippen LogP contribution in [0.3, 0.4) is 0 Å². The Morgan fingerprint density at radius 2 is 1.76 bits per heavy atom. The second-order valence-electron chi connectivity index (χ2n) is 5.79. The van der Waals surface area contributed by atoms with E-state index >= 15 is 0 Å². The van der Waals surface area contributed by atoms with Crippen molar-refractivity contribution in [1.29, 1.82) is 0 Å². The van der Waals surface area contributed by atoms with Gasteiger partial charge in [-0.1, -0.05) is 24.3 Å². The molecule has 1 aliphatic rings. The van der Waals surface area contributed by atoms with Crippen molar-refractivity contribution < 1.29 is 13.2 Å².